The molecule has 0 saturated carbocycles. The summed E-state index contributed by atoms with van der Waals surface area (Å²) in [5, 5.41) is 78.7. The summed E-state index contributed by atoms with van der Waals surface area (Å²) < 4.78 is 11.2. The Labute approximate surface area is 196 Å². The average Bonchev–Trinajstić information content (AvgIpc) is 2.80. The number of aliphatic hydroxyl groups is 4. The van der Waals surface area contributed by atoms with Gasteiger partial charge in [-0.3, -0.25) is 0 Å². The van der Waals surface area contributed by atoms with E-state index < -0.39 is 36.8 Å². The largest absolute Gasteiger partial charge is 0.504 e. The zero-order valence-corrected chi connectivity index (χ0v) is 18.6. The van der Waals surface area contributed by atoms with Crippen LogP contribution in [0.5, 0.6) is 23.0 Å². The Balaban J connectivity index is 1.63. The number of benzene rings is 2. The molecule has 34 heavy (non-hydrogen) atoms. The molecular weight excluding hydrogens is 448 g/mol. The summed E-state index contributed by atoms with van der Waals surface area (Å²) in [4.78, 5) is 0. The Bertz CT molecular complexity index is 936. The third-order valence-corrected chi connectivity index (χ3v) is 5.92. The lowest BCUT2D eigenvalue weighted by atomic mass is 9.98. The molecule has 0 amide bonds. The molecule has 3 rings (SSSR count). The molecule has 1 fully saturated rings. The summed E-state index contributed by atoms with van der Waals surface area (Å²) in [6.45, 7) is -0.214. The van der Waals surface area contributed by atoms with Crippen LogP contribution in [0.4, 0.5) is 0 Å². The van der Waals surface area contributed by atoms with Crippen molar-refractivity contribution in [2.24, 2.45) is 0 Å². The van der Waals surface area contributed by atoms with Gasteiger partial charge in [0.2, 0.25) is 0 Å². The lowest BCUT2D eigenvalue weighted by Crippen LogP contribution is -2.54. The normalized spacial score (nSPS) is 24.6. The van der Waals surface area contributed by atoms with Crippen molar-refractivity contribution in [3.8, 4) is 23.0 Å². The van der Waals surface area contributed by atoms with Gasteiger partial charge in [-0.15, -0.1) is 0 Å². The minimum atomic E-state index is -1.47. The van der Waals surface area contributed by atoms with E-state index in [4.69, 9.17) is 9.47 Å². The molecule has 1 heterocycles. The van der Waals surface area contributed by atoms with Gasteiger partial charge in [0.25, 0.3) is 0 Å². The van der Waals surface area contributed by atoms with E-state index >= 15 is 0 Å². The second kappa shape index (κ2) is 11.7. The molecular formula is C24H32O10. The minimum absolute atomic E-state index is 0.166. The first-order valence-electron chi connectivity index (χ1n) is 11.1. The van der Waals surface area contributed by atoms with Gasteiger partial charge in [0.05, 0.1) is 18.8 Å². The number of phenolic OH excluding ortho intramolecular Hbond substituents is 4. The Morgan fingerprint density at radius 2 is 1.35 bits per heavy atom. The molecule has 0 spiro atoms. The van der Waals surface area contributed by atoms with Crippen molar-refractivity contribution >= 4 is 0 Å². The molecule has 0 aliphatic carbocycles. The topological polar surface area (TPSA) is 180 Å². The van der Waals surface area contributed by atoms with E-state index in [1.54, 1.807) is 12.1 Å². The first kappa shape index (κ1) is 26.0. The number of ether oxygens (including phenoxy) is 2. The fourth-order valence-electron chi connectivity index (χ4n) is 3.86. The Morgan fingerprint density at radius 1 is 0.794 bits per heavy atom. The smallest absolute Gasteiger partial charge is 0.186 e. The number of rotatable bonds is 10. The van der Waals surface area contributed by atoms with Gasteiger partial charge in [-0.05, 0) is 67.5 Å². The Morgan fingerprint density at radius 3 is 1.91 bits per heavy atom. The zero-order chi connectivity index (χ0) is 24.8. The van der Waals surface area contributed by atoms with Crippen LogP contribution in [0.3, 0.4) is 0 Å². The first-order chi connectivity index (χ1) is 16.1. The van der Waals surface area contributed by atoms with Crippen molar-refractivity contribution in [1.29, 1.82) is 0 Å². The number of phenols is 4. The van der Waals surface area contributed by atoms with Gasteiger partial charge in [-0.2, -0.15) is 0 Å². The number of hydrogen-bond acceptors (Lipinski definition) is 10. The molecule has 0 unspecified atom stereocenters. The molecule has 1 aliphatic heterocycles. The van der Waals surface area contributed by atoms with Crippen molar-refractivity contribution in [2.45, 2.75) is 68.9 Å². The van der Waals surface area contributed by atoms with Gasteiger partial charge in [-0.25, -0.2) is 0 Å². The molecule has 2 aromatic carbocycles. The number of aromatic hydroxyl groups is 4. The van der Waals surface area contributed by atoms with E-state index in [1.807, 2.05) is 0 Å². The van der Waals surface area contributed by atoms with Gasteiger partial charge in [0.15, 0.2) is 29.3 Å². The Kier molecular flexibility index (Phi) is 8.95. The second-order valence-corrected chi connectivity index (χ2v) is 8.62. The van der Waals surface area contributed by atoms with E-state index in [-0.39, 0.29) is 36.0 Å². The van der Waals surface area contributed by atoms with Crippen LogP contribution in [0.1, 0.15) is 30.4 Å². The van der Waals surface area contributed by atoms with Crippen LogP contribution in [-0.2, 0) is 22.3 Å². The lowest BCUT2D eigenvalue weighted by molar-refractivity contribution is -0.284. The maximum atomic E-state index is 10.6. The molecule has 8 N–H and O–H groups in total. The fraction of sp³-hybridized carbons (Fsp3) is 0.500. The Hall–Kier alpha value is -2.60. The highest BCUT2D eigenvalue weighted by atomic mass is 16.7. The van der Waals surface area contributed by atoms with Crippen LogP contribution in [-0.4, -0.2) is 84.3 Å². The van der Waals surface area contributed by atoms with Crippen LogP contribution < -0.4 is 0 Å². The predicted molar refractivity (Wildman–Crippen MR) is 119 cm³/mol. The average molecular weight is 481 g/mol. The molecule has 10 heteroatoms. The quantitative estimate of drug-likeness (QED) is 0.225. The molecule has 188 valence electrons. The third kappa shape index (κ3) is 6.95. The van der Waals surface area contributed by atoms with Crippen molar-refractivity contribution in [3.05, 3.63) is 47.5 Å². The molecule has 2 aromatic rings. The van der Waals surface area contributed by atoms with Crippen LogP contribution in [0.2, 0.25) is 0 Å². The van der Waals surface area contributed by atoms with E-state index in [9.17, 15) is 40.9 Å². The maximum absolute atomic E-state index is 10.6. The van der Waals surface area contributed by atoms with Gasteiger partial charge >= 0.3 is 0 Å². The van der Waals surface area contributed by atoms with Gasteiger partial charge in [0, 0.05) is 0 Å². The summed E-state index contributed by atoms with van der Waals surface area (Å²) in [6, 6.07) is 8.88. The van der Waals surface area contributed by atoms with Gasteiger partial charge in [0.1, 0.15) is 18.3 Å². The number of aliphatic hydroxyl groups excluding tert-OH is 4. The summed E-state index contributed by atoms with van der Waals surface area (Å²) in [5.74, 6) is -0.959. The lowest BCUT2D eigenvalue weighted by Gasteiger charge is -2.37. The van der Waals surface area contributed by atoms with E-state index in [2.05, 4.69) is 0 Å². The molecule has 6 atom stereocenters. The highest BCUT2D eigenvalue weighted by Gasteiger charge is 2.39. The summed E-state index contributed by atoms with van der Waals surface area (Å²) >= 11 is 0. The van der Waals surface area contributed by atoms with Crippen molar-refractivity contribution in [2.75, 3.05) is 6.61 Å². The monoisotopic (exact) mass is 480 g/mol. The molecule has 0 aromatic heterocycles. The maximum Gasteiger partial charge on any atom is 0.186 e. The predicted octanol–water partition coefficient (Wildman–Crippen LogP) is 0.650. The number of hydrogen-bond donors (Lipinski definition) is 8. The van der Waals surface area contributed by atoms with Crippen molar-refractivity contribution < 1.29 is 50.3 Å². The second-order valence-electron chi connectivity index (χ2n) is 8.62. The summed E-state index contributed by atoms with van der Waals surface area (Å²) in [5.41, 5.74) is 1.45. The van der Waals surface area contributed by atoms with Crippen LogP contribution in [0.15, 0.2) is 36.4 Å². The van der Waals surface area contributed by atoms with E-state index in [1.165, 1.54) is 24.3 Å². The van der Waals surface area contributed by atoms with E-state index in [0.717, 1.165) is 11.1 Å². The summed E-state index contributed by atoms with van der Waals surface area (Å²) in [7, 11) is 0. The zero-order valence-electron chi connectivity index (χ0n) is 18.6. The molecule has 0 bridgehead atoms. The highest BCUT2D eigenvalue weighted by Crippen LogP contribution is 2.28. The van der Waals surface area contributed by atoms with Crippen molar-refractivity contribution in [1.82, 2.24) is 0 Å². The minimum Gasteiger partial charge on any atom is -0.504 e. The standard InChI is InChI=1S/C24H32O10/c25-15(5-1-13-3-7-17(26)19(28)9-13)11-16(6-2-14-4-8-18(27)20(29)10-14)34-24-23(32)22(31)21(30)12-33-24/h3-4,7-10,15-16,21-32H,1-2,5-6,11-12H2/t15-,16-,21+,22-,23+,24-/m0/s1. The molecule has 1 aliphatic rings. The van der Waals surface area contributed by atoms with E-state index in [0.29, 0.717) is 25.7 Å². The molecule has 0 radical (unpaired) electrons. The van der Waals surface area contributed by atoms with Crippen molar-refractivity contribution in [3.63, 3.8) is 0 Å². The number of aryl methyl sites for hydroxylation is 2. The van der Waals surface area contributed by atoms with Crippen LogP contribution in [0.25, 0.3) is 0 Å². The molecule has 1 saturated heterocycles. The van der Waals surface area contributed by atoms with Gasteiger partial charge in [-0.1, -0.05) is 12.1 Å². The molecule has 10 nitrogen and oxygen atoms in total. The first-order valence-corrected chi connectivity index (χ1v) is 11.1. The van der Waals surface area contributed by atoms with Gasteiger partial charge < -0.3 is 50.3 Å². The highest BCUT2D eigenvalue weighted by molar-refractivity contribution is 5.41. The van der Waals surface area contributed by atoms with Crippen LogP contribution >= 0.6 is 0 Å². The SMILES string of the molecule is Oc1ccc(CC[C@H](O)C[C@H](CCc2ccc(O)c(O)c2)O[C@@H]2OC[C@@H](O)[C@H](O)[C@H]2O)cc1O. The summed E-state index contributed by atoms with van der Waals surface area (Å²) in [6.07, 6.45) is -5.04. The van der Waals surface area contributed by atoms with Crippen LogP contribution in [0, 0.1) is 0 Å². The third-order valence-electron chi connectivity index (χ3n) is 5.92. The fourth-order valence-corrected chi connectivity index (χ4v) is 3.86.